The van der Waals surface area contributed by atoms with Crippen LogP contribution in [0.15, 0.2) is 51.6 Å². The summed E-state index contributed by atoms with van der Waals surface area (Å²) in [6.45, 7) is 2.34. The van der Waals surface area contributed by atoms with E-state index in [4.69, 9.17) is 14.0 Å². The number of carbonyl (C=O) groups is 1. The molecule has 0 aliphatic carbocycles. The van der Waals surface area contributed by atoms with Crippen molar-refractivity contribution in [3.05, 3.63) is 47.9 Å². The molecule has 4 rings (SSSR count). The number of hydrogen-bond acceptors (Lipinski definition) is 10. The Labute approximate surface area is 174 Å². The lowest BCUT2D eigenvalue weighted by atomic mass is 10.2. The van der Waals surface area contributed by atoms with Gasteiger partial charge in [0.2, 0.25) is 5.82 Å². The minimum Gasteiger partial charge on any atom is -0.493 e. The van der Waals surface area contributed by atoms with Crippen LogP contribution in [-0.2, 0) is 16.1 Å². The second kappa shape index (κ2) is 9.01. The molecule has 3 aromatic heterocycles. The van der Waals surface area contributed by atoms with Crippen LogP contribution in [0.25, 0.3) is 21.6 Å². The van der Waals surface area contributed by atoms with Crippen molar-refractivity contribution < 1.29 is 18.8 Å². The predicted octanol–water partition coefficient (Wildman–Crippen LogP) is 3.98. The van der Waals surface area contributed by atoms with Crippen LogP contribution in [0.4, 0.5) is 0 Å². The number of rotatable bonds is 8. The number of para-hydroxylation sites is 1. The lowest BCUT2D eigenvalue weighted by Crippen LogP contribution is -2.07. The van der Waals surface area contributed by atoms with Crippen LogP contribution >= 0.6 is 23.1 Å². The molecule has 3 heterocycles. The molecule has 0 aliphatic heterocycles. The quantitative estimate of drug-likeness (QED) is 0.234. The number of esters is 1. The number of hydrogen-bond donors (Lipinski definition) is 0. The summed E-state index contributed by atoms with van der Waals surface area (Å²) in [6, 6.07) is 9.35. The van der Waals surface area contributed by atoms with E-state index in [0.717, 1.165) is 20.8 Å². The Morgan fingerprint density at radius 3 is 3.03 bits per heavy atom. The first-order valence-electron chi connectivity index (χ1n) is 8.76. The summed E-state index contributed by atoms with van der Waals surface area (Å²) in [4.78, 5) is 25.7. The molecule has 1 aromatic carbocycles. The van der Waals surface area contributed by atoms with Crippen molar-refractivity contribution in [1.82, 2.24) is 20.1 Å². The lowest BCUT2D eigenvalue weighted by molar-refractivity contribution is -0.142. The summed E-state index contributed by atoms with van der Waals surface area (Å²) in [5.74, 6) is 0.991. The Balaban J connectivity index is 1.34. The van der Waals surface area contributed by atoms with Crippen molar-refractivity contribution in [3.8, 4) is 17.1 Å². The molecule has 0 aliphatic rings. The second-order valence-electron chi connectivity index (χ2n) is 5.71. The van der Waals surface area contributed by atoms with E-state index in [1.165, 1.54) is 29.4 Å². The van der Waals surface area contributed by atoms with E-state index >= 15 is 0 Å². The maximum atomic E-state index is 12.1. The zero-order valence-electron chi connectivity index (χ0n) is 15.4. The number of thioether (sulfide) groups is 1. The largest absolute Gasteiger partial charge is 0.493 e. The van der Waals surface area contributed by atoms with Crippen molar-refractivity contribution >= 4 is 39.3 Å². The number of aromatic nitrogens is 4. The molecule has 4 aromatic rings. The molecular weight excluding hydrogens is 412 g/mol. The SMILES string of the molecule is CCOc1ccccc1-c1noc(COC(=O)CSc2ncnc3sccc23)n1. The molecule has 0 unspecified atom stereocenters. The Morgan fingerprint density at radius 1 is 1.24 bits per heavy atom. The van der Waals surface area contributed by atoms with Gasteiger partial charge in [-0.3, -0.25) is 4.79 Å². The molecule has 29 heavy (non-hydrogen) atoms. The summed E-state index contributed by atoms with van der Waals surface area (Å²) < 4.78 is 16.0. The van der Waals surface area contributed by atoms with Crippen LogP contribution in [0.5, 0.6) is 5.75 Å². The molecule has 0 atom stereocenters. The molecule has 0 fully saturated rings. The number of benzene rings is 1. The number of nitrogens with zero attached hydrogens (tertiary/aromatic N) is 4. The molecule has 0 radical (unpaired) electrons. The van der Waals surface area contributed by atoms with E-state index in [-0.39, 0.29) is 18.3 Å². The van der Waals surface area contributed by atoms with Gasteiger partial charge in [-0.05, 0) is 30.5 Å². The van der Waals surface area contributed by atoms with Gasteiger partial charge in [0.25, 0.3) is 5.89 Å². The summed E-state index contributed by atoms with van der Waals surface area (Å²) in [7, 11) is 0. The van der Waals surface area contributed by atoms with E-state index in [0.29, 0.717) is 18.2 Å². The van der Waals surface area contributed by atoms with Gasteiger partial charge in [-0.25, -0.2) is 9.97 Å². The van der Waals surface area contributed by atoms with Gasteiger partial charge in [0, 0.05) is 5.39 Å². The normalized spacial score (nSPS) is 10.9. The van der Waals surface area contributed by atoms with Gasteiger partial charge in [0.1, 0.15) is 21.9 Å². The van der Waals surface area contributed by atoms with Crippen molar-refractivity contribution in [2.75, 3.05) is 12.4 Å². The van der Waals surface area contributed by atoms with E-state index in [1.807, 2.05) is 42.6 Å². The maximum absolute atomic E-state index is 12.1. The van der Waals surface area contributed by atoms with Crippen LogP contribution in [0.3, 0.4) is 0 Å². The average molecular weight is 428 g/mol. The number of fused-ring (bicyclic) bond motifs is 1. The van der Waals surface area contributed by atoms with Gasteiger partial charge in [0.05, 0.1) is 17.9 Å². The summed E-state index contributed by atoms with van der Waals surface area (Å²) in [6.07, 6.45) is 1.49. The van der Waals surface area contributed by atoms with Crippen LogP contribution in [0.2, 0.25) is 0 Å². The zero-order chi connectivity index (χ0) is 20.1. The van der Waals surface area contributed by atoms with Crippen LogP contribution in [0, 0.1) is 0 Å². The molecule has 0 bridgehead atoms. The topological polar surface area (TPSA) is 100 Å². The van der Waals surface area contributed by atoms with E-state index in [2.05, 4.69) is 20.1 Å². The van der Waals surface area contributed by atoms with Gasteiger partial charge in [0.15, 0.2) is 6.61 Å². The molecule has 0 saturated heterocycles. The Bertz CT molecular complexity index is 1130. The number of thiophene rings is 1. The molecule has 0 N–H and O–H groups in total. The summed E-state index contributed by atoms with van der Waals surface area (Å²) in [5.41, 5.74) is 0.717. The van der Waals surface area contributed by atoms with E-state index < -0.39 is 5.97 Å². The predicted molar refractivity (Wildman–Crippen MR) is 109 cm³/mol. The zero-order valence-corrected chi connectivity index (χ0v) is 17.0. The third kappa shape index (κ3) is 4.54. The first-order chi connectivity index (χ1) is 14.2. The first kappa shape index (κ1) is 19.3. The second-order valence-corrected chi connectivity index (χ2v) is 7.57. The summed E-state index contributed by atoms with van der Waals surface area (Å²) in [5, 5.41) is 7.58. The Hall–Kier alpha value is -2.98. The minimum absolute atomic E-state index is 0.0964. The van der Waals surface area contributed by atoms with Crippen molar-refractivity contribution in [2.24, 2.45) is 0 Å². The van der Waals surface area contributed by atoms with E-state index in [1.54, 1.807) is 0 Å². The lowest BCUT2D eigenvalue weighted by Gasteiger charge is -2.06. The van der Waals surface area contributed by atoms with Crippen LogP contribution in [-0.4, -0.2) is 38.4 Å². The fourth-order valence-electron chi connectivity index (χ4n) is 2.55. The fraction of sp³-hybridized carbons (Fsp3) is 0.211. The maximum Gasteiger partial charge on any atom is 0.316 e. The third-order valence-corrected chi connectivity index (χ3v) is 5.60. The van der Waals surface area contributed by atoms with Crippen LogP contribution in [0.1, 0.15) is 12.8 Å². The highest BCUT2D eigenvalue weighted by Crippen LogP contribution is 2.28. The Kier molecular flexibility index (Phi) is 6.01. The smallest absolute Gasteiger partial charge is 0.316 e. The van der Waals surface area contributed by atoms with Gasteiger partial charge in [-0.2, -0.15) is 4.98 Å². The van der Waals surface area contributed by atoms with E-state index in [9.17, 15) is 4.79 Å². The van der Waals surface area contributed by atoms with Gasteiger partial charge in [-0.15, -0.1) is 11.3 Å². The third-order valence-electron chi connectivity index (χ3n) is 3.80. The van der Waals surface area contributed by atoms with Gasteiger partial charge < -0.3 is 14.0 Å². The number of ether oxygens (including phenoxy) is 2. The summed E-state index contributed by atoms with van der Waals surface area (Å²) >= 11 is 2.84. The Morgan fingerprint density at radius 2 is 2.14 bits per heavy atom. The molecular formula is C19H16N4O4S2. The monoisotopic (exact) mass is 428 g/mol. The highest BCUT2D eigenvalue weighted by atomic mass is 32.2. The molecule has 0 spiro atoms. The number of carbonyl (C=O) groups excluding carboxylic acids is 1. The van der Waals surface area contributed by atoms with Gasteiger partial charge in [-0.1, -0.05) is 29.1 Å². The fourth-order valence-corrected chi connectivity index (χ4v) is 4.13. The van der Waals surface area contributed by atoms with Crippen LogP contribution < -0.4 is 4.74 Å². The van der Waals surface area contributed by atoms with Crippen molar-refractivity contribution in [1.29, 1.82) is 0 Å². The minimum atomic E-state index is -0.397. The molecule has 0 amide bonds. The molecule has 0 saturated carbocycles. The first-order valence-corrected chi connectivity index (χ1v) is 10.6. The van der Waals surface area contributed by atoms with Crippen molar-refractivity contribution in [2.45, 2.75) is 18.6 Å². The van der Waals surface area contributed by atoms with Crippen molar-refractivity contribution in [3.63, 3.8) is 0 Å². The molecule has 148 valence electrons. The highest BCUT2D eigenvalue weighted by molar-refractivity contribution is 8.00. The standard InChI is InChI=1S/C19H16N4O4S2/c1-2-25-14-6-4-3-5-12(14)17-22-15(27-23-17)9-26-16(24)10-29-19-13-7-8-28-18(13)20-11-21-19/h3-8,11H,2,9-10H2,1H3. The molecule has 10 heteroatoms. The average Bonchev–Trinajstić information content (AvgIpc) is 3.41. The molecule has 8 nitrogen and oxygen atoms in total. The van der Waals surface area contributed by atoms with Gasteiger partial charge >= 0.3 is 5.97 Å². The highest BCUT2D eigenvalue weighted by Gasteiger charge is 2.15.